The average Bonchev–Trinajstić information content (AvgIpc) is 3.12. The van der Waals surface area contributed by atoms with Crippen LogP contribution in [0.4, 0.5) is 0 Å². The van der Waals surface area contributed by atoms with Crippen LogP contribution in [0.25, 0.3) is 11.0 Å². The first-order chi connectivity index (χ1) is 11.6. The van der Waals surface area contributed by atoms with Crippen LogP contribution in [-0.2, 0) is 21.7 Å². The molecule has 0 aliphatic carbocycles. The molecular formula is C16H15BrN2O4S. The second kappa shape index (κ2) is 7.85. The van der Waals surface area contributed by atoms with Gasteiger partial charge in [0.1, 0.15) is 11.3 Å². The number of furan rings is 1. The summed E-state index contributed by atoms with van der Waals surface area (Å²) in [5.41, 5.74) is 0.825. The number of thioether (sulfide) groups is 1. The number of benzene rings is 1. The zero-order valence-corrected chi connectivity index (χ0v) is 15.4. The van der Waals surface area contributed by atoms with E-state index in [0.29, 0.717) is 30.5 Å². The van der Waals surface area contributed by atoms with Gasteiger partial charge in [0.15, 0.2) is 5.82 Å². The summed E-state index contributed by atoms with van der Waals surface area (Å²) in [6, 6.07) is 7.79. The molecule has 0 fully saturated rings. The minimum atomic E-state index is -0.265. The van der Waals surface area contributed by atoms with E-state index in [1.165, 1.54) is 11.8 Å². The molecule has 24 heavy (non-hydrogen) atoms. The molecule has 0 atom stereocenters. The predicted molar refractivity (Wildman–Crippen MR) is 93.8 cm³/mol. The maximum Gasteiger partial charge on any atom is 0.315 e. The average molecular weight is 411 g/mol. The Labute approximate surface area is 151 Å². The van der Waals surface area contributed by atoms with Gasteiger partial charge in [-0.3, -0.25) is 4.79 Å². The van der Waals surface area contributed by atoms with Crippen LogP contribution in [0.1, 0.15) is 17.5 Å². The third-order valence-corrected chi connectivity index (χ3v) is 4.56. The van der Waals surface area contributed by atoms with Crippen molar-refractivity contribution in [2.75, 3.05) is 12.4 Å². The number of halogens is 1. The Morgan fingerprint density at radius 2 is 2.25 bits per heavy atom. The SMILES string of the molecule is Cc1nc(CSCC(=O)OCCc2cc3cc(Br)ccc3o2)no1. The van der Waals surface area contributed by atoms with E-state index in [1.807, 2.05) is 24.3 Å². The van der Waals surface area contributed by atoms with Crippen molar-refractivity contribution in [1.29, 1.82) is 0 Å². The van der Waals surface area contributed by atoms with Gasteiger partial charge in [0.2, 0.25) is 5.89 Å². The van der Waals surface area contributed by atoms with Crippen molar-refractivity contribution in [2.24, 2.45) is 0 Å². The Hall–Kier alpha value is -1.80. The van der Waals surface area contributed by atoms with E-state index in [0.717, 1.165) is 21.2 Å². The molecule has 3 aromatic rings. The lowest BCUT2D eigenvalue weighted by Crippen LogP contribution is -2.10. The number of aryl methyl sites for hydroxylation is 1. The number of esters is 1. The standard InChI is InChI=1S/C16H15BrN2O4S/c1-10-18-15(19-23-10)8-24-9-16(20)21-5-4-13-7-11-6-12(17)2-3-14(11)22-13/h2-3,6-7H,4-5,8-9H2,1H3. The van der Waals surface area contributed by atoms with Crippen molar-refractivity contribution in [2.45, 2.75) is 19.1 Å². The molecule has 0 aliphatic rings. The summed E-state index contributed by atoms with van der Waals surface area (Å²) in [6.45, 7) is 2.02. The van der Waals surface area contributed by atoms with Gasteiger partial charge in [-0.15, -0.1) is 11.8 Å². The van der Waals surface area contributed by atoms with Gasteiger partial charge in [-0.1, -0.05) is 21.1 Å². The molecule has 0 saturated carbocycles. The molecule has 0 amide bonds. The van der Waals surface area contributed by atoms with Crippen molar-refractivity contribution in [3.05, 3.63) is 46.2 Å². The highest BCUT2D eigenvalue weighted by Crippen LogP contribution is 2.23. The van der Waals surface area contributed by atoms with Gasteiger partial charge in [0.25, 0.3) is 0 Å². The van der Waals surface area contributed by atoms with E-state index in [2.05, 4.69) is 26.1 Å². The lowest BCUT2D eigenvalue weighted by Gasteiger charge is -2.02. The number of hydrogen-bond acceptors (Lipinski definition) is 7. The van der Waals surface area contributed by atoms with Crippen molar-refractivity contribution in [3.63, 3.8) is 0 Å². The van der Waals surface area contributed by atoms with E-state index >= 15 is 0 Å². The molecule has 0 bridgehead atoms. The second-order valence-electron chi connectivity index (χ2n) is 5.09. The Kier molecular flexibility index (Phi) is 5.57. The number of hydrogen-bond donors (Lipinski definition) is 0. The largest absolute Gasteiger partial charge is 0.465 e. The van der Waals surface area contributed by atoms with Gasteiger partial charge in [-0.2, -0.15) is 4.98 Å². The van der Waals surface area contributed by atoms with Crippen LogP contribution in [0.15, 0.2) is 37.7 Å². The molecule has 2 heterocycles. The van der Waals surface area contributed by atoms with Crippen LogP contribution in [0.3, 0.4) is 0 Å². The number of carbonyl (C=O) groups excluding carboxylic acids is 1. The summed E-state index contributed by atoms with van der Waals surface area (Å²) < 4.78 is 16.8. The summed E-state index contributed by atoms with van der Waals surface area (Å²) in [7, 11) is 0. The number of nitrogens with zero attached hydrogens (tertiary/aromatic N) is 2. The normalized spacial score (nSPS) is 11.1. The molecule has 0 radical (unpaired) electrons. The van der Waals surface area contributed by atoms with E-state index in [9.17, 15) is 4.79 Å². The van der Waals surface area contributed by atoms with E-state index < -0.39 is 0 Å². The number of rotatable bonds is 7. The van der Waals surface area contributed by atoms with E-state index in [-0.39, 0.29) is 11.7 Å². The van der Waals surface area contributed by atoms with Crippen molar-refractivity contribution in [3.8, 4) is 0 Å². The summed E-state index contributed by atoms with van der Waals surface area (Å²) in [5, 5.41) is 4.79. The van der Waals surface area contributed by atoms with Gasteiger partial charge in [0, 0.05) is 23.2 Å². The number of fused-ring (bicyclic) bond motifs is 1. The smallest absolute Gasteiger partial charge is 0.315 e. The summed E-state index contributed by atoms with van der Waals surface area (Å²) in [5.74, 6) is 2.40. The number of ether oxygens (including phenoxy) is 1. The zero-order valence-electron chi connectivity index (χ0n) is 13.0. The Balaban J connectivity index is 1.39. The molecule has 6 nitrogen and oxygen atoms in total. The van der Waals surface area contributed by atoms with Crippen molar-refractivity contribution < 1.29 is 18.5 Å². The third kappa shape index (κ3) is 4.61. The fraction of sp³-hybridized carbons (Fsp3) is 0.312. The lowest BCUT2D eigenvalue weighted by atomic mass is 10.2. The van der Waals surface area contributed by atoms with E-state index in [1.54, 1.807) is 6.92 Å². The molecule has 2 aromatic heterocycles. The zero-order chi connectivity index (χ0) is 16.9. The molecule has 126 valence electrons. The monoisotopic (exact) mass is 410 g/mol. The van der Waals surface area contributed by atoms with Crippen LogP contribution >= 0.6 is 27.7 Å². The van der Waals surface area contributed by atoms with Crippen LogP contribution < -0.4 is 0 Å². The van der Waals surface area contributed by atoms with Crippen LogP contribution in [-0.4, -0.2) is 28.5 Å². The Morgan fingerprint density at radius 3 is 3.04 bits per heavy atom. The van der Waals surface area contributed by atoms with Crippen molar-refractivity contribution >= 4 is 44.6 Å². The summed E-state index contributed by atoms with van der Waals surface area (Å²) in [4.78, 5) is 15.8. The summed E-state index contributed by atoms with van der Waals surface area (Å²) in [6.07, 6.45) is 0.548. The quantitative estimate of drug-likeness (QED) is 0.546. The molecule has 0 spiro atoms. The van der Waals surface area contributed by atoms with E-state index in [4.69, 9.17) is 13.7 Å². The first kappa shape index (κ1) is 17.0. The Bertz CT molecular complexity index is 846. The number of aromatic nitrogens is 2. The van der Waals surface area contributed by atoms with Gasteiger partial charge >= 0.3 is 5.97 Å². The topological polar surface area (TPSA) is 78.4 Å². The first-order valence-electron chi connectivity index (χ1n) is 7.31. The molecule has 1 aromatic carbocycles. The fourth-order valence-corrected chi connectivity index (χ4v) is 3.16. The maximum atomic E-state index is 11.7. The van der Waals surface area contributed by atoms with Gasteiger partial charge in [-0.25, -0.2) is 0 Å². The van der Waals surface area contributed by atoms with Crippen molar-refractivity contribution in [1.82, 2.24) is 10.1 Å². The molecule has 0 saturated heterocycles. The molecule has 0 N–H and O–H groups in total. The van der Waals surface area contributed by atoms with Gasteiger partial charge in [-0.05, 0) is 24.3 Å². The third-order valence-electron chi connectivity index (χ3n) is 3.16. The van der Waals surface area contributed by atoms with Crippen LogP contribution in [0.2, 0.25) is 0 Å². The maximum absolute atomic E-state index is 11.7. The highest BCUT2D eigenvalue weighted by molar-refractivity contribution is 9.10. The lowest BCUT2D eigenvalue weighted by molar-refractivity contribution is -0.140. The predicted octanol–water partition coefficient (Wildman–Crippen LogP) is 3.91. The Morgan fingerprint density at radius 1 is 1.38 bits per heavy atom. The van der Waals surface area contributed by atoms with Gasteiger partial charge in [0.05, 0.1) is 18.1 Å². The molecule has 0 aliphatic heterocycles. The highest BCUT2D eigenvalue weighted by Gasteiger charge is 2.08. The molecular weight excluding hydrogens is 396 g/mol. The van der Waals surface area contributed by atoms with Gasteiger partial charge < -0.3 is 13.7 Å². The molecule has 3 rings (SSSR count). The molecule has 8 heteroatoms. The summed E-state index contributed by atoms with van der Waals surface area (Å²) >= 11 is 4.82. The minimum Gasteiger partial charge on any atom is -0.465 e. The first-order valence-corrected chi connectivity index (χ1v) is 9.25. The van der Waals surface area contributed by atoms with Crippen LogP contribution in [0.5, 0.6) is 0 Å². The minimum absolute atomic E-state index is 0.251. The molecule has 0 unspecified atom stereocenters. The highest BCUT2D eigenvalue weighted by atomic mass is 79.9. The fourth-order valence-electron chi connectivity index (χ4n) is 2.13. The van der Waals surface area contributed by atoms with Crippen LogP contribution in [0, 0.1) is 6.92 Å². The second-order valence-corrected chi connectivity index (χ2v) is 6.99. The number of carbonyl (C=O) groups is 1.